The molecule has 2 aromatic heterocycles. The van der Waals surface area contributed by atoms with Crippen molar-refractivity contribution in [2.75, 3.05) is 6.54 Å². The van der Waals surface area contributed by atoms with Gasteiger partial charge >= 0.3 is 6.18 Å². The average molecular weight is 298 g/mol. The first-order chi connectivity index (χ1) is 9.86. The van der Waals surface area contributed by atoms with E-state index in [-0.39, 0.29) is 0 Å². The molecule has 0 saturated heterocycles. The molecule has 0 aliphatic carbocycles. The molecule has 7 heteroatoms. The third-order valence-electron chi connectivity index (χ3n) is 2.80. The molecular formula is C14H17F3N4. The van der Waals surface area contributed by atoms with Gasteiger partial charge in [0.2, 0.25) is 0 Å². The Morgan fingerprint density at radius 2 is 2.05 bits per heavy atom. The molecule has 0 spiro atoms. The third-order valence-corrected chi connectivity index (χ3v) is 2.80. The Morgan fingerprint density at radius 3 is 2.67 bits per heavy atom. The van der Waals surface area contributed by atoms with Crippen LogP contribution in [0, 0.1) is 5.92 Å². The van der Waals surface area contributed by atoms with Crippen LogP contribution in [0.3, 0.4) is 0 Å². The van der Waals surface area contributed by atoms with Crippen LogP contribution in [0.5, 0.6) is 0 Å². The second-order valence-electron chi connectivity index (χ2n) is 5.18. The number of halogens is 3. The van der Waals surface area contributed by atoms with E-state index in [1.807, 2.05) is 6.07 Å². The smallest absolute Gasteiger partial charge is 0.311 e. The molecule has 0 radical (unpaired) electrons. The lowest BCUT2D eigenvalue weighted by atomic mass is 10.2. The van der Waals surface area contributed by atoms with Gasteiger partial charge in [-0.25, -0.2) is 9.67 Å². The van der Waals surface area contributed by atoms with E-state index >= 15 is 0 Å². The standard InChI is InChI=1S/C14H17F3N4/c1-10(2)6-18-8-12-4-3-5-13(20-12)21-9-11(7-19-21)14(15,16)17/h3-5,7,9-10,18H,6,8H2,1-2H3. The first kappa shape index (κ1) is 15.5. The van der Waals surface area contributed by atoms with Gasteiger partial charge in [-0.2, -0.15) is 18.3 Å². The molecular weight excluding hydrogens is 281 g/mol. The highest BCUT2D eigenvalue weighted by Crippen LogP contribution is 2.28. The number of hydrogen-bond donors (Lipinski definition) is 1. The van der Waals surface area contributed by atoms with Crippen LogP contribution in [-0.4, -0.2) is 21.3 Å². The summed E-state index contributed by atoms with van der Waals surface area (Å²) in [7, 11) is 0. The summed E-state index contributed by atoms with van der Waals surface area (Å²) in [5, 5.41) is 6.95. The zero-order chi connectivity index (χ0) is 15.5. The predicted octanol–water partition coefficient (Wildman–Crippen LogP) is 3.03. The summed E-state index contributed by atoms with van der Waals surface area (Å²) in [6, 6.07) is 5.20. The van der Waals surface area contributed by atoms with Crippen molar-refractivity contribution in [3.63, 3.8) is 0 Å². The van der Waals surface area contributed by atoms with Crippen LogP contribution in [0.15, 0.2) is 30.6 Å². The van der Waals surface area contributed by atoms with Gasteiger partial charge in [0.05, 0.1) is 17.5 Å². The summed E-state index contributed by atoms with van der Waals surface area (Å²) >= 11 is 0. The maximum absolute atomic E-state index is 12.6. The molecule has 0 amide bonds. The molecule has 2 aromatic rings. The number of nitrogens with zero attached hydrogens (tertiary/aromatic N) is 3. The minimum absolute atomic E-state index is 0.370. The van der Waals surface area contributed by atoms with E-state index in [1.54, 1.807) is 12.1 Å². The van der Waals surface area contributed by atoms with Crippen molar-refractivity contribution in [3.05, 3.63) is 41.9 Å². The maximum Gasteiger partial charge on any atom is 0.419 e. The van der Waals surface area contributed by atoms with Crippen LogP contribution in [0.1, 0.15) is 25.1 Å². The van der Waals surface area contributed by atoms with Gasteiger partial charge in [-0.1, -0.05) is 19.9 Å². The molecule has 0 bridgehead atoms. The first-order valence-corrected chi connectivity index (χ1v) is 6.65. The first-order valence-electron chi connectivity index (χ1n) is 6.65. The molecule has 0 aliphatic rings. The van der Waals surface area contributed by atoms with E-state index in [0.29, 0.717) is 18.3 Å². The van der Waals surface area contributed by atoms with Gasteiger partial charge < -0.3 is 5.32 Å². The molecule has 0 fully saturated rings. The van der Waals surface area contributed by atoms with Gasteiger partial charge in [0.15, 0.2) is 5.82 Å². The SMILES string of the molecule is CC(C)CNCc1cccc(-n2cc(C(F)(F)F)cn2)n1. The summed E-state index contributed by atoms with van der Waals surface area (Å²) in [5.74, 6) is 0.892. The normalized spacial score (nSPS) is 12.1. The average Bonchev–Trinajstić information content (AvgIpc) is 2.88. The zero-order valence-electron chi connectivity index (χ0n) is 11.9. The zero-order valence-corrected chi connectivity index (χ0v) is 11.9. The van der Waals surface area contributed by atoms with Gasteiger partial charge in [0.25, 0.3) is 0 Å². The van der Waals surface area contributed by atoms with Crippen LogP contribution in [0.2, 0.25) is 0 Å². The topological polar surface area (TPSA) is 42.7 Å². The van der Waals surface area contributed by atoms with E-state index in [1.165, 1.54) is 0 Å². The van der Waals surface area contributed by atoms with Crippen LogP contribution in [0.4, 0.5) is 13.2 Å². The molecule has 0 aliphatic heterocycles. The second kappa shape index (κ2) is 6.26. The largest absolute Gasteiger partial charge is 0.419 e. The summed E-state index contributed by atoms with van der Waals surface area (Å²) in [4.78, 5) is 4.31. The third kappa shape index (κ3) is 4.29. The van der Waals surface area contributed by atoms with E-state index in [9.17, 15) is 13.2 Å². The monoisotopic (exact) mass is 298 g/mol. The number of rotatable bonds is 5. The predicted molar refractivity (Wildman–Crippen MR) is 72.9 cm³/mol. The highest BCUT2D eigenvalue weighted by Gasteiger charge is 2.32. The minimum atomic E-state index is -4.39. The quantitative estimate of drug-likeness (QED) is 0.922. The Balaban J connectivity index is 2.12. The summed E-state index contributed by atoms with van der Waals surface area (Å²) in [5.41, 5.74) is -0.0233. The van der Waals surface area contributed by atoms with Crippen molar-refractivity contribution in [2.24, 2.45) is 5.92 Å². The highest BCUT2D eigenvalue weighted by atomic mass is 19.4. The number of hydrogen-bond acceptors (Lipinski definition) is 3. The Labute approximate surface area is 121 Å². The molecule has 0 atom stereocenters. The highest BCUT2D eigenvalue weighted by molar-refractivity contribution is 5.25. The van der Waals surface area contributed by atoms with Crippen molar-refractivity contribution >= 4 is 0 Å². The van der Waals surface area contributed by atoms with Crippen molar-refractivity contribution in [1.82, 2.24) is 20.1 Å². The molecule has 0 aromatic carbocycles. The van der Waals surface area contributed by atoms with Crippen LogP contribution >= 0.6 is 0 Å². The number of alkyl halides is 3. The van der Waals surface area contributed by atoms with Crippen LogP contribution in [0.25, 0.3) is 5.82 Å². The van der Waals surface area contributed by atoms with Gasteiger partial charge in [-0.05, 0) is 24.6 Å². The van der Waals surface area contributed by atoms with Crippen molar-refractivity contribution < 1.29 is 13.2 Å². The number of nitrogens with one attached hydrogen (secondary N) is 1. The molecule has 2 heterocycles. The summed E-state index contributed by atoms with van der Waals surface area (Å²) < 4.78 is 38.8. The number of aromatic nitrogens is 3. The number of pyridine rings is 1. The van der Waals surface area contributed by atoms with E-state index in [4.69, 9.17) is 0 Å². The van der Waals surface area contributed by atoms with E-state index < -0.39 is 11.7 Å². The Bertz CT molecular complexity index is 590. The molecule has 0 saturated carbocycles. The minimum Gasteiger partial charge on any atom is -0.311 e. The van der Waals surface area contributed by atoms with Crippen molar-refractivity contribution in [1.29, 1.82) is 0 Å². The summed E-state index contributed by atoms with van der Waals surface area (Å²) in [6.45, 7) is 5.61. The van der Waals surface area contributed by atoms with E-state index in [2.05, 4.69) is 29.2 Å². The van der Waals surface area contributed by atoms with Crippen LogP contribution < -0.4 is 5.32 Å². The lowest BCUT2D eigenvalue weighted by molar-refractivity contribution is -0.137. The van der Waals surface area contributed by atoms with Gasteiger partial charge in [-0.15, -0.1) is 0 Å². The molecule has 114 valence electrons. The molecule has 0 unspecified atom stereocenters. The second-order valence-corrected chi connectivity index (χ2v) is 5.18. The van der Waals surface area contributed by atoms with Crippen LogP contribution in [-0.2, 0) is 12.7 Å². The van der Waals surface area contributed by atoms with Gasteiger partial charge in [0, 0.05) is 12.7 Å². The summed E-state index contributed by atoms with van der Waals surface area (Å²) in [6.07, 6.45) is -2.66. The Hall–Kier alpha value is -1.89. The fourth-order valence-electron chi connectivity index (χ4n) is 1.78. The van der Waals surface area contributed by atoms with Gasteiger partial charge in [-0.3, -0.25) is 0 Å². The molecule has 4 nitrogen and oxygen atoms in total. The van der Waals surface area contributed by atoms with E-state index in [0.717, 1.165) is 29.3 Å². The fraction of sp³-hybridized carbons (Fsp3) is 0.429. The van der Waals surface area contributed by atoms with Gasteiger partial charge in [0.1, 0.15) is 0 Å². The lowest BCUT2D eigenvalue weighted by Crippen LogP contribution is -2.19. The molecule has 2 rings (SSSR count). The Morgan fingerprint density at radius 1 is 1.29 bits per heavy atom. The Kier molecular flexibility index (Phi) is 4.62. The van der Waals surface area contributed by atoms with Crippen molar-refractivity contribution in [2.45, 2.75) is 26.6 Å². The molecule has 21 heavy (non-hydrogen) atoms. The van der Waals surface area contributed by atoms with Crippen molar-refractivity contribution in [3.8, 4) is 5.82 Å². The molecule has 1 N–H and O–H groups in total. The maximum atomic E-state index is 12.6. The lowest BCUT2D eigenvalue weighted by Gasteiger charge is -2.08. The fourth-order valence-corrected chi connectivity index (χ4v) is 1.78.